The normalized spacial score (nSPS) is 7.43. The highest BCUT2D eigenvalue weighted by Gasteiger charge is 1.78. The van der Waals surface area contributed by atoms with Crippen LogP contribution in [0.4, 0.5) is 0 Å². The van der Waals surface area contributed by atoms with E-state index in [9.17, 15) is 0 Å². The Morgan fingerprint density at radius 2 is 2.43 bits per heavy atom. The maximum absolute atomic E-state index is 4.79. The lowest BCUT2D eigenvalue weighted by molar-refractivity contribution is 0.280. The molecule has 0 aliphatic heterocycles. The third-order valence-electron chi connectivity index (χ3n) is 0.463. The largest absolute Gasteiger partial charge is 0.447 e. The molecule has 0 heterocycles. The van der Waals surface area contributed by atoms with Gasteiger partial charge in [-0.2, -0.15) is 0 Å². The van der Waals surface area contributed by atoms with E-state index in [4.69, 9.17) is 6.42 Å². The fourth-order valence-electron chi connectivity index (χ4n) is 0.186. The van der Waals surface area contributed by atoms with Gasteiger partial charge in [-0.25, -0.2) is 0 Å². The Kier molecular flexibility index (Phi) is 6.17. The standard InChI is InChI=1S/C5H7IO/c1-2-7-5-3-4-6/h1H,3-5H2. The van der Waals surface area contributed by atoms with Gasteiger partial charge in [-0.15, -0.1) is 0 Å². The van der Waals surface area contributed by atoms with E-state index in [0.29, 0.717) is 6.61 Å². The third kappa shape index (κ3) is 6.09. The Bertz CT molecular complexity index is 65.0. The molecule has 0 spiro atoms. The van der Waals surface area contributed by atoms with Crippen molar-refractivity contribution in [3.8, 4) is 12.5 Å². The van der Waals surface area contributed by atoms with E-state index in [1.165, 1.54) is 0 Å². The second kappa shape index (κ2) is 6.09. The maximum Gasteiger partial charge on any atom is 0.106 e. The molecule has 40 valence electrons. The van der Waals surface area contributed by atoms with Crippen molar-refractivity contribution < 1.29 is 4.74 Å². The summed E-state index contributed by atoms with van der Waals surface area (Å²) in [6, 6.07) is 0. The lowest BCUT2D eigenvalue weighted by atomic mass is 10.5. The first-order valence-corrected chi connectivity index (χ1v) is 3.57. The molecule has 0 aromatic carbocycles. The highest BCUT2D eigenvalue weighted by Crippen LogP contribution is 1.87. The van der Waals surface area contributed by atoms with Crippen molar-refractivity contribution >= 4 is 22.6 Å². The molecule has 0 aliphatic rings. The summed E-state index contributed by atoms with van der Waals surface area (Å²) < 4.78 is 5.71. The van der Waals surface area contributed by atoms with Crippen LogP contribution in [-0.4, -0.2) is 11.0 Å². The van der Waals surface area contributed by atoms with Gasteiger partial charge in [0.2, 0.25) is 0 Å². The molecule has 0 aromatic rings. The summed E-state index contributed by atoms with van der Waals surface area (Å²) in [6.07, 6.45) is 7.94. The summed E-state index contributed by atoms with van der Waals surface area (Å²) in [4.78, 5) is 0. The molecule has 0 aliphatic carbocycles. The van der Waals surface area contributed by atoms with Crippen molar-refractivity contribution in [2.75, 3.05) is 11.0 Å². The Balaban J connectivity index is 2.60. The van der Waals surface area contributed by atoms with Crippen LogP contribution < -0.4 is 0 Å². The number of alkyl halides is 1. The van der Waals surface area contributed by atoms with Crippen molar-refractivity contribution in [1.29, 1.82) is 0 Å². The van der Waals surface area contributed by atoms with E-state index in [1.807, 2.05) is 0 Å². The first-order chi connectivity index (χ1) is 3.41. The molecule has 0 unspecified atom stereocenters. The van der Waals surface area contributed by atoms with Crippen molar-refractivity contribution in [3.63, 3.8) is 0 Å². The highest BCUT2D eigenvalue weighted by molar-refractivity contribution is 14.1. The maximum atomic E-state index is 4.79. The van der Waals surface area contributed by atoms with Gasteiger partial charge >= 0.3 is 0 Å². The predicted molar refractivity (Wildman–Crippen MR) is 38.3 cm³/mol. The smallest absolute Gasteiger partial charge is 0.106 e. The van der Waals surface area contributed by atoms with Gasteiger partial charge in [0.05, 0.1) is 0 Å². The van der Waals surface area contributed by atoms with Crippen LogP contribution in [-0.2, 0) is 4.74 Å². The molecule has 0 bridgehead atoms. The van der Waals surface area contributed by atoms with E-state index in [1.54, 1.807) is 0 Å². The SMILES string of the molecule is C#COCCCI. The van der Waals surface area contributed by atoms with E-state index >= 15 is 0 Å². The van der Waals surface area contributed by atoms with E-state index in [2.05, 4.69) is 33.4 Å². The van der Waals surface area contributed by atoms with E-state index < -0.39 is 0 Å². The van der Waals surface area contributed by atoms with Crippen LogP contribution in [0, 0.1) is 12.5 Å². The minimum absolute atomic E-state index is 0.694. The lowest BCUT2D eigenvalue weighted by Crippen LogP contribution is -1.86. The van der Waals surface area contributed by atoms with Gasteiger partial charge in [0.15, 0.2) is 0 Å². The molecule has 0 rings (SSSR count). The number of hydrogen-bond acceptors (Lipinski definition) is 1. The van der Waals surface area contributed by atoms with Crippen LogP contribution >= 0.6 is 22.6 Å². The average Bonchev–Trinajstić information content (AvgIpc) is 1.69. The van der Waals surface area contributed by atoms with Crippen LogP contribution in [0.1, 0.15) is 6.42 Å². The van der Waals surface area contributed by atoms with Gasteiger partial charge in [0.1, 0.15) is 12.7 Å². The molecule has 0 saturated heterocycles. The van der Waals surface area contributed by atoms with Gasteiger partial charge in [-0.3, -0.25) is 0 Å². The number of halogens is 1. The fourth-order valence-corrected chi connectivity index (χ4v) is 0.497. The minimum Gasteiger partial charge on any atom is -0.447 e. The molecule has 0 atom stereocenters. The number of rotatable bonds is 3. The fraction of sp³-hybridized carbons (Fsp3) is 0.600. The van der Waals surface area contributed by atoms with Crippen molar-refractivity contribution in [2.24, 2.45) is 0 Å². The van der Waals surface area contributed by atoms with Gasteiger partial charge in [-0.05, 0) is 6.42 Å². The number of hydrogen-bond donors (Lipinski definition) is 0. The molecule has 0 fully saturated rings. The zero-order valence-electron chi connectivity index (χ0n) is 3.98. The average molecular weight is 210 g/mol. The van der Waals surface area contributed by atoms with Gasteiger partial charge in [0, 0.05) is 4.43 Å². The summed E-state index contributed by atoms with van der Waals surface area (Å²) in [7, 11) is 0. The number of terminal acetylenes is 1. The summed E-state index contributed by atoms with van der Waals surface area (Å²) in [5.74, 6) is 0. The summed E-state index contributed by atoms with van der Waals surface area (Å²) in [5, 5.41) is 0. The highest BCUT2D eigenvalue weighted by atomic mass is 127. The van der Waals surface area contributed by atoms with Crippen molar-refractivity contribution in [1.82, 2.24) is 0 Å². The molecule has 0 radical (unpaired) electrons. The van der Waals surface area contributed by atoms with Gasteiger partial charge in [0.25, 0.3) is 0 Å². The second-order valence-corrected chi connectivity index (χ2v) is 2.09. The van der Waals surface area contributed by atoms with Crippen molar-refractivity contribution in [2.45, 2.75) is 6.42 Å². The second-order valence-electron chi connectivity index (χ2n) is 1.01. The quantitative estimate of drug-likeness (QED) is 0.296. The predicted octanol–water partition coefficient (Wildman–Crippen LogP) is 1.42. The molecule has 1 nitrogen and oxygen atoms in total. The number of ether oxygens (including phenoxy) is 1. The molecule has 0 amide bonds. The Morgan fingerprint density at radius 1 is 1.71 bits per heavy atom. The molecule has 0 saturated carbocycles. The molecule has 0 N–H and O–H groups in total. The van der Waals surface area contributed by atoms with Gasteiger partial charge in [-0.1, -0.05) is 29.0 Å². The van der Waals surface area contributed by atoms with Gasteiger partial charge < -0.3 is 4.74 Å². The lowest BCUT2D eigenvalue weighted by Gasteiger charge is -1.89. The van der Waals surface area contributed by atoms with Crippen LogP contribution in [0.3, 0.4) is 0 Å². The summed E-state index contributed by atoms with van der Waals surface area (Å²) in [6.45, 7) is 0.694. The molecule has 0 aromatic heterocycles. The molecule has 7 heavy (non-hydrogen) atoms. The minimum atomic E-state index is 0.694. The Labute approximate surface area is 57.6 Å². The molecular formula is C5H7IO. The first-order valence-electron chi connectivity index (χ1n) is 2.05. The monoisotopic (exact) mass is 210 g/mol. The Morgan fingerprint density at radius 3 is 2.86 bits per heavy atom. The van der Waals surface area contributed by atoms with E-state index in [-0.39, 0.29) is 0 Å². The van der Waals surface area contributed by atoms with Crippen LogP contribution in [0.5, 0.6) is 0 Å². The zero-order valence-corrected chi connectivity index (χ0v) is 6.14. The topological polar surface area (TPSA) is 9.23 Å². The zero-order chi connectivity index (χ0) is 5.54. The molecule has 2 heteroatoms. The Hall–Kier alpha value is 0.0900. The third-order valence-corrected chi connectivity index (χ3v) is 1.23. The van der Waals surface area contributed by atoms with Crippen molar-refractivity contribution in [3.05, 3.63) is 0 Å². The van der Waals surface area contributed by atoms with Crippen LogP contribution in [0.25, 0.3) is 0 Å². The van der Waals surface area contributed by atoms with Crippen LogP contribution in [0.15, 0.2) is 0 Å². The summed E-state index contributed by atoms with van der Waals surface area (Å²) in [5.41, 5.74) is 0. The van der Waals surface area contributed by atoms with Crippen LogP contribution in [0.2, 0.25) is 0 Å². The van der Waals surface area contributed by atoms with E-state index in [0.717, 1.165) is 10.8 Å². The molecular weight excluding hydrogens is 203 g/mol. The first kappa shape index (κ1) is 7.09. The summed E-state index contributed by atoms with van der Waals surface area (Å²) >= 11 is 2.28.